The van der Waals surface area contributed by atoms with E-state index in [9.17, 15) is 8.78 Å². The van der Waals surface area contributed by atoms with Crippen LogP contribution in [0.3, 0.4) is 0 Å². The van der Waals surface area contributed by atoms with Gasteiger partial charge in [0.05, 0.1) is 0 Å². The molecule has 0 spiro atoms. The molecule has 2 aromatic carbocycles. The minimum atomic E-state index is -0.561. The van der Waals surface area contributed by atoms with Gasteiger partial charge in [-0.3, -0.25) is 0 Å². The first-order valence-corrected chi connectivity index (χ1v) is 6.82. The normalized spacial score (nSPS) is 12.4. The monoisotopic (exact) mass is 295 g/mol. The molecule has 0 aliphatic heterocycles. The van der Waals surface area contributed by atoms with Crippen molar-refractivity contribution in [2.24, 2.45) is 0 Å². The SMILES string of the molecule is CNCC(Cc1ccc(F)cc1F)c1ccccc1Cl. The Balaban J connectivity index is 2.28. The van der Waals surface area contributed by atoms with Crippen LogP contribution in [0, 0.1) is 11.6 Å². The highest BCUT2D eigenvalue weighted by Gasteiger charge is 2.16. The van der Waals surface area contributed by atoms with Gasteiger partial charge in [-0.15, -0.1) is 0 Å². The number of rotatable bonds is 5. The molecule has 4 heteroatoms. The maximum Gasteiger partial charge on any atom is 0.129 e. The highest BCUT2D eigenvalue weighted by atomic mass is 35.5. The quantitative estimate of drug-likeness (QED) is 0.873. The lowest BCUT2D eigenvalue weighted by atomic mass is 9.91. The van der Waals surface area contributed by atoms with Crippen molar-refractivity contribution in [2.45, 2.75) is 12.3 Å². The zero-order chi connectivity index (χ0) is 14.5. The summed E-state index contributed by atoms with van der Waals surface area (Å²) in [4.78, 5) is 0. The molecule has 1 N–H and O–H groups in total. The maximum atomic E-state index is 13.8. The Hall–Kier alpha value is -1.45. The van der Waals surface area contributed by atoms with Gasteiger partial charge >= 0.3 is 0 Å². The van der Waals surface area contributed by atoms with Crippen molar-refractivity contribution in [3.05, 3.63) is 70.2 Å². The summed E-state index contributed by atoms with van der Waals surface area (Å²) >= 11 is 6.20. The molecule has 0 amide bonds. The molecule has 0 aromatic heterocycles. The van der Waals surface area contributed by atoms with Gasteiger partial charge in [0.15, 0.2) is 0 Å². The average molecular weight is 296 g/mol. The Morgan fingerprint density at radius 2 is 1.90 bits per heavy atom. The highest BCUT2D eigenvalue weighted by Crippen LogP contribution is 2.28. The molecular weight excluding hydrogens is 280 g/mol. The second-order valence-corrected chi connectivity index (χ2v) is 5.12. The number of hydrogen-bond donors (Lipinski definition) is 1. The largest absolute Gasteiger partial charge is 0.319 e. The van der Waals surface area contributed by atoms with Crippen LogP contribution in [0.1, 0.15) is 17.0 Å². The second-order valence-electron chi connectivity index (χ2n) is 4.72. The van der Waals surface area contributed by atoms with Crippen LogP contribution in [-0.4, -0.2) is 13.6 Å². The Morgan fingerprint density at radius 1 is 1.15 bits per heavy atom. The Morgan fingerprint density at radius 3 is 2.55 bits per heavy atom. The summed E-state index contributed by atoms with van der Waals surface area (Å²) in [6, 6.07) is 11.2. The molecule has 0 radical (unpaired) electrons. The molecule has 1 nitrogen and oxygen atoms in total. The predicted molar refractivity (Wildman–Crippen MR) is 78.2 cm³/mol. The fourth-order valence-electron chi connectivity index (χ4n) is 2.30. The van der Waals surface area contributed by atoms with E-state index in [0.717, 1.165) is 11.6 Å². The molecule has 2 aromatic rings. The van der Waals surface area contributed by atoms with Gasteiger partial charge in [0.2, 0.25) is 0 Å². The van der Waals surface area contributed by atoms with Crippen molar-refractivity contribution < 1.29 is 8.78 Å². The lowest BCUT2D eigenvalue weighted by molar-refractivity contribution is 0.554. The minimum absolute atomic E-state index is 0.0358. The third-order valence-corrected chi connectivity index (χ3v) is 3.62. The van der Waals surface area contributed by atoms with Crippen molar-refractivity contribution in [3.8, 4) is 0 Å². The molecule has 0 fully saturated rings. The Labute approximate surface area is 122 Å². The Bertz CT molecular complexity index is 586. The van der Waals surface area contributed by atoms with Gasteiger partial charge in [-0.25, -0.2) is 8.78 Å². The van der Waals surface area contributed by atoms with Gasteiger partial charge in [0.1, 0.15) is 11.6 Å². The molecule has 1 atom stereocenters. The molecule has 1 unspecified atom stereocenters. The van der Waals surface area contributed by atoms with Gasteiger partial charge in [-0.2, -0.15) is 0 Å². The average Bonchev–Trinajstić information content (AvgIpc) is 2.42. The third kappa shape index (κ3) is 3.56. The zero-order valence-corrected chi connectivity index (χ0v) is 11.9. The van der Waals surface area contributed by atoms with E-state index in [4.69, 9.17) is 11.6 Å². The number of halogens is 3. The first kappa shape index (κ1) is 14.9. The van der Waals surface area contributed by atoms with Gasteiger partial charge in [0, 0.05) is 23.6 Å². The molecule has 20 heavy (non-hydrogen) atoms. The van der Waals surface area contributed by atoms with Crippen LogP contribution < -0.4 is 5.32 Å². The van der Waals surface area contributed by atoms with Crippen LogP contribution >= 0.6 is 11.6 Å². The molecule has 0 bridgehead atoms. The van der Waals surface area contributed by atoms with Gasteiger partial charge in [-0.05, 0) is 36.7 Å². The summed E-state index contributed by atoms with van der Waals surface area (Å²) in [5, 5.41) is 3.75. The van der Waals surface area contributed by atoms with Crippen molar-refractivity contribution in [1.29, 1.82) is 0 Å². The molecule has 0 aliphatic rings. The molecule has 0 heterocycles. The molecular formula is C16H16ClF2N. The van der Waals surface area contributed by atoms with Crippen molar-refractivity contribution in [3.63, 3.8) is 0 Å². The zero-order valence-electron chi connectivity index (χ0n) is 11.2. The maximum absolute atomic E-state index is 13.8. The van der Waals surface area contributed by atoms with Gasteiger partial charge in [0.25, 0.3) is 0 Å². The smallest absolute Gasteiger partial charge is 0.129 e. The summed E-state index contributed by atoms with van der Waals surface area (Å²) in [6.45, 7) is 0.667. The van der Waals surface area contributed by atoms with Crippen LogP contribution in [0.25, 0.3) is 0 Å². The van der Waals surface area contributed by atoms with E-state index in [1.165, 1.54) is 12.1 Å². The fourth-order valence-corrected chi connectivity index (χ4v) is 2.59. The summed E-state index contributed by atoms with van der Waals surface area (Å²) in [5.74, 6) is -1.04. The van der Waals surface area contributed by atoms with Crippen LogP contribution in [0.5, 0.6) is 0 Å². The fraction of sp³-hybridized carbons (Fsp3) is 0.250. The van der Waals surface area contributed by atoms with Crippen molar-refractivity contribution in [1.82, 2.24) is 5.32 Å². The first-order chi connectivity index (χ1) is 9.61. The van der Waals surface area contributed by atoms with E-state index in [0.29, 0.717) is 23.6 Å². The third-order valence-electron chi connectivity index (χ3n) is 3.28. The molecule has 0 saturated carbocycles. The first-order valence-electron chi connectivity index (χ1n) is 6.44. The van der Waals surface area contributed by atoms with E-state index < -0.39 is 11.6 Å². The van der Waals surface area contributed by atoms with E-state index in [2.05, 4.69) is 5.32 Å². The van der Waals surface area contributed by atoms with E-state index in [1.807, 2.05) is 31.3 Å². The predicted octanol–water partition coefficient (Wildman–Crippen LogP) is 4.16. The standard InChI is InChI=1S/C16H16ClF2N/c1-20-10-12(14-4-2-3-5-15(14)17)8-11-6-7-13(18)9-16(11)19/h2-7,9,12,20H,8,10H2,1H3. The molecule has 0 aliphatic carbocycles. The van der Waals surface area contributed by atoms with Crippen molar-refractivity contribution in [2.75, 3.05) is 13.6 Å². The van der Waals surface area contributed by atoms with Crippen molar-refractivity contribution >= 4 is 11.6 Å². The number of benzene rings is 2. The lowest BCUT2D eigenvalue weighted by Gasteiger charge is -2.19. The molecule has 2 rings (SSSR count). The number of nitrogens with one attached hydrogen (secondary N) is 1. The van der Waals surface area contributed by atoms with E-state index in [-0.39, 0.29) is 5.92 Å². The van der Waals surface area contributed by atoms with Crippen LogP contribution in [-0.2, 0) is 6.42 Å². The summed E-state index contributed by atoms with van der Waals surface area (Å²) < 4.78 is 26.7. The van der Waals surface area contributed by atoms with Gasteiger partial charge in [-0.1, -0.05) is 35.9 Å². The number of hydrogen-bond acceptors (Lipinski definition) is 1. The summed E-state index contributed by atoms with van der Waals surface area (Å²) in [7, 11) is 1.84. The second kappa shape index (κ2) is 6.82. The van der Waals surface area contributed by atoms with Crippen LogP contribution in [0.15, 0.2) is 42.5 Å². The van der Waals surface area contributed by atoms with E-state index >= 15 is 0 Å². The molecule has 0 saturated heterocycles. The summed E-state index contributed by atoms with van der Waals surface area (Å²) in [5.41, 5.74) is 1.46. The minimum Gasteiger partial charge on any atom is -0.319 e. The topological polar surface area (TPSA) is 12.0 Å². The Kier molecular flexibility index (Phi) is 5.10. The lowest BCUT2D eigenvalue weighted by Crippen LogP contribution is -2.20. The molecule has 106 valence electrons. The number of likely N-dealkylation sites (N-methyl/N-ethyl adjacent to an activating group) is 1. The summed E-state index contributed by atoms with van der Waals surface area (Å²) in [6.07, 6.45) is 0.469. The van der Waals surface area contributed by atoms with E-state index in [1.54, 1.807) is 0 Å². The van der Waals surface area contributed by atoms with Crippen LogP contribution in [0.4, 0.5) is 8.78 Å². The van der Waals surface area contributed by atoms with Crippen LogP contribution in [0.2, 0.25) is 5.02 Å². The van der Waals surface area contributed by atoms with Gasteiger partial charge < -0.3 is 5.32 Å². The highest BCUT2D eigenvalue weighted by molar-refractivity contribution is 6.31.